The van der Waals surface area contributed by atoms with Crippen LogP contribution in [0, 0.1) is 0 Å². The van der Waals surface area contributed by atoms with Crippen LogP contribution in [0.15, 0.2) is 24.3 Å². The molecule has 0 aliphatic carbocycles. The summed E-state index contributed by atoms with van der Waals surface area (Å²) in [5, 5.41) is 0.836. The number of hydrogen-bond donors (Lipinski definition) is 1. The number of halogens is 1. The van der Waals surface area contributed by atoms with Crippen LogP contribution in [0.25, 0.3) is 0 Å². The summed E-state index contributed by atoms with van der Waals surface area (Å²) in [5.74, 6) is 0. The first-order chi connectivity index (χ1) is 4.72. The van der Waals surface area contributed by atoms with Gasteiger partial charge in [0.2, 0.25) is 0 Å². The van der Waals surface area contributed by atoms with Gasteiger partial charge in [-0.1, -0.05) is 23.7 Å². The highest BCUT2D eigenvalue weighted by molar-refractivity contribution is 6.32. The summed E-state index contributed by atoms with van der Waals surface area (Å²) in [6.45, 7) is 0. The van der Waals surface area contributed by atoms with Crippen molar-refractivity contribution in [3.05, 3.63) is 29.3 Å². The maximum absolute atomic E-state index is 5.90. The van der Waals surface area contributed by atoms with E-state index in [4.69, 9.17) is 11.6 Å². The molecule has 0 saturated heterocycles. The second-order valence-corrected chi connectivity index (χ2v) is 2.89. The van der Waals surface area contributed by atoms with E-state index in [0.29, 0.717) is 0 Å². The highest BCUT2D eigenvalue weighted by Gasteiger charge is 2.03. The number of rotatable bonds is 1. The van der Waals surface area contributed by atoms with Crippen molar-refractivity contribution in [1.82, 2.24) is 0 Å². The van der Waals surface area contributed by atoms with Gasteiger partial charge >= 0.3 is 0 Å². The lowest BCUT2D eigenvalue weighted by molar-refractivity contribution is -0.786. The van der Waals surface area contributed by atoms with Crippen LogP contribution in [-0.4, -0.2) is 14.1 Å². The maximum atomic E-state index is 5.90. The largest absolute Gasteiger partial charge is 0.306 e. The fraction of sp³-hybridized carbons (Fsp3) is 0.250. The van der Waals surface area contributed by atoms with Gasteiger partial charge in [0, 0.05) is 6.07 Å². The summed E-state index contributed by atoms with van der Waals surface area (Å²) in [7, 11) is 4.11. The Morgan fingerprint density at radius 3 is 2.20 bits per heavy atom. The molecular formula is C8H11ClN+. The molecule has 0 amide bonds. The van der Waals surface area contributed by atoms with Crippen LogP contribution in [0.5, 0.6) is 0 Å². The average molecular weight is 157 g/mol. The van der Waals surface area contributed by atoms with Gasteiger partial charge in [-0.15, -0.1) is 0 Å². The third kappa shape index (κ3) is 1.49. The molecule has 1 rings (SSSR count). The first-order valence-corrected chi connectivity index (χ1v) is 3.64. The van der Waals surface area contributed by atoms with Crippen molar-refractivity contribution in [2.24, 2.45) is 0 Å². The van der Waals surface area contributed by atoms with Gasteiger partial charge in [-0.2, -0.15) is 0 Å². The van der Waals surface area contributed by atoms with E-state index in [1.54, 1.807) is 0 Å². The van der Waals surface area contributed by atoms with E-state index in [1.807, 2.05) is 24.3 Å². The van der Waals surface area contributed by atoms with Crippen molar-refractivity contribution < 1.29 is 4.90 Å². The Hall–Kier alpha value is -0.530. The van der Waals surface area contributed by atoms with Crippen molar-refractivity contribution >= 4 is 17.3 Å². The third-order valence-electron chi connectivity index (χ3n) is 1.41. The minimum Gasteiger partial charge on any atom is -0.306 e. The van der Waals surface area contributed by atoms with E-state index in [1.165, 1.54) is 4.90 Å². The summed E-state index contributed by atoms with van der Waals surface area (Å²) in [6, 6.07) is 7.87. The molecule has 0 spiro atoms. The van der Waals surface area contributed by atoms with E-state index in [0.717, 1.165) is 10.7 Å². The van der Waals surface area contributed by atoms with Crippen LogP contribution in [0.4, 0.5) is 5.69 Å². The lowest BCUT2D eigenvalue weighted by Crippen LogP contribution is -3.00. The highest BCUT2D eigenvalue weighted by atomic mass is 35.5. The highest BCUT2D eigenvalue weighted by Crippen LogP contribution is 2.15. The SMILES string of the molecule is C[NH+](C)c1ccccc1Cl. The molecule has 54 valence electrons. The Morgan fingerprint density at radius 2 is 1.80 bits per heavy atom. The normalized spacial score (nSPS) is 10.4. The molecule has 1 aromatic carbocycles. The average Bonchev–Trinajstić information content (AvgIpc) is 1.88. The fourth-order valence-electron chi connectivity index (χ4n) is 0.867. The first-order valence-electron chi connectivity index (χ1n) is 3.27. The summed E-state index contributed by atoms with van der Waals surface area (Å²) >= 11 is 5.90. The topological polar surface area (TPSA) is 4.44 Å². The molecule has 0 fully saturated rings. The summed E-state index contributed by atoms with van der Waals surface area (Å²) in [5.41, 5.74) is 1.14. The van der Waals surface area contributed by atoms with E-state index in [-0.39, 0.29) is 0 Å². The van der Waals surface area contributed by atoms with Gasteiger partial charge in [0.15, 0.2) is 0 Å². The van der Waals surface area contributed by atoms with E-state index < -0.39 is 0 Å². The molecule has 0 saturated carbocycles. The second kappa shape index (κ2) is 3.04. The predicted octanol–water partition coefficient (Wildman–Crippen LogP) is 1.12. The molecular weight excluding hydrogens is 146 g/mol. The molecule has 1 nitrogen and oxygen atoms in total. The van der Waals surface area contributed by atoms with Crippen molar-refractivity contribution in [2.45, 2.75) is 0 Å². The van der Waals surface area contributed by atoms with Crippen molar-refractivity contribution in [3.8, 4) is 0 Å². The van der Waals surface area contributed by atoms with Crippen LogP contribution >= 0.6 is 11.6 Å². The Morgan fingerprint density at radius 1 is 1.20 bits per heavy atom. The van der Waals surface area contributed by atoms with Gasteiger partial charge in [0.25, 0.3) is 0 Å². The van der Waals surface area contributed by atoms with Crippen molar-refractivity contribution in [2.75, 3.05) is 14.1 Å². The number of para-hydroxylation sites is 1. The minimum atomic E-state index is 0.836. The Labute approximate surface area is 66.2 Å². The molecule has 0 heterocycles. The Kier molecular flexibility index (Phi) is 2.30. The molecule has 0 aromatic heterocycles. The number of quaternary nitrogens is 1. The summed E-state index contributed by atoms with van der Waals surface area (Å²) < 4.78 is 0. The van der Waals surface area contributed by atoms with Gasteiger partial charge in [0.1, 0.15) is 10.7 Å². The van der Waals surface area contributed by atoms with Gasteiger partial charge in [-0.05, 0) is 6.07 Å². The van der Waals surface area contributed by atoms with Gasteiger partial charge in [-0.3, -0.25) is 0 Å². The van der Waals surface area contributed by atoms with Crippen LogP contribution in [0.3, 0.4) is 0 Å². The lowest BCUT2D eigenvalue weighted by Gasteiger charge is -2.06. The Bertz CT molecular complexity index is 220. The standard InChI is InChI=1S/C8H10ClN/c1-10(2)8-6-4-3-5-7(8)9/h3-6H,1-2H3/p+1. The zero-order chi connectivity index (χ0) is 7.56. The number of nitrogens with one attached hydrogen (secondary N) is 1. The van der Waals surface area contributed by atoms with Crippen molar-refractivity contribution in [3.63, 3.8) is 0 Å². The molecule has 0 radical (unpaired) electrons. The molecule has 0 aliphatic heterocycles. The third-order valence-corrected chi connectivity index (χ3v) is 1.74. The lowest BCUT2D eigenvalue weighted by atomic mass is 10.3. The first kappa shape index (κ1) is 7.58. The van der Waals surface area contributed by atoms with Crippen LogP contribution in [0.1, 0.15) is 0 Å². The second-order valence-electron chi connectivity index (χ2n) is 2.48. The fourth-order valence-corrected chi connectivity index (χ4v) is 1.19. The molecule has 1 N–H and O–H groups in total. The number of benzene rings is 1. The zero-order valence-electron chi connectivity index (χ0n) is 6.19. The molecule has 0 bridgehead atoms. The molecule has 0 aliphatic rings. The molecule has 2 heteroatoms. The smallest absolute Gasteiger partial charge is 0.149 e. The predicted molar refractivity (Wildman–Crippen MR) is 43.9 cm³/mol. The van der Waals surface area contributed by atoms with Crippen LogP contribution < -0.4 is 4.90 Å². The zero-order valence-corrected chi connectivity index (χ0v) is 6.94. The Balaban J connectivity index is 3.03. The van der Waals surface area contributed by atoms with E-state index in [9.17, 15) is 0 Å². The van der Waals surface area contributed by atoms with Gasteiger partial charge in [-0.25, -0.2) is 0 Å². The van der Waals surface area contributed by atoms with E-state index >= 15 is 0 Å². The maximum Gasteiger partial charge on any atom is 0.149 e. The molecule has 1 aromatic rings. The minimum absolute atomic E-state index is 0.836. The molecule has 10 heavy (non-hydrogen) atoms. The number of hydrogen-bond acceptors (Lipinski definition) is 0. The van der Waals surface area contributed by atoms with Gasteiger partial charge < -0.3 is 4.90 Å². The quantitative estimate of drug-likeness (QED) is 0.622. The summed E-state index contributed by atoms with van der Waals surface area (Å²) in [4.78, 5) is 1.26. The summed E-state index contributed by atoms with van der Waals surface area (Å²) in [6.07, 6.45) is 0. The van der Waals surface area contributed by atoms with Crippen molar-refractivity contribution in [1.29, 1.82) is 0 Å². The molecule has 0 atom stereocenters. The van der Waals surface area contributed by atoms with Gasteiger partial charge in [0.05, 0.1) is 14.1 Å². The molecule has 0 unspecified atom stereocenters. The van der Waals surface area contributed by atoms with Crippen LogP contribution in [0.2, 0.25) is 5.02 Å². The van der Waals surface area contributed by atoms with Crippen LogP contribution in [-0.2, 0) is 0 Å². The van der Waals surface area contributed by atoms with E-state index in [2.05, 4.69) is 14.1 Å². The monoisotopic (exact) mass is 156 g/mol.